The fourth-order valence-corrected chi connectivity index (χ4v) is 1.44. The van der Waals surface area contributed by atoms with Crippen LogP contribution in [0.1, 0.15) is 13.8 Å². The first-order valence-electron chi connectivity index (χ1n) is 4.28. The van der Waals surface area contributed by atoms with Crippen LogP contribution < -0.4 is 0 Å². The molecule has 0 bridgehead atoms. The number of aromatic nitrogens is 2. The van der Waals surface area contributed by atoms with Gasteiger partial charge in [-0.1, -0.05) is 55.5 Å². The fraction of sp³-hybridized carbons (Fsp3) is 0.200. The van der Waals surface area contributed by atoms with Crippen molar-refractivity contribution in [1.82, 2.24) is 10.2 Å². The van der Waals surface area contributed by atoms with Gasteiger partial charge in [-0.15, -0.1) is 10.2 Å². The van der Waals surface area contributed by atoms with Crippen LogP contribution >= 0.6 is 11.3 Å². The van der Waals surface area contributed by atoms with Gasteiger partial charge in [0.05, 0.1) is 0 Å². The summed E-state index contributed by atoms with van der Waals surface area (Å²) in [5.74, 6) is 0. The van der Waals surface area contributed by atoms with Crippen molar-refractivity contribution in [3.63, 3.8) is 0 Å². The highest BCUT2D eigenvalue weighted by atomic mass is 32.1. The van der Waals surface area contributed by atoms with E-state index >= 15 is 0 Å². The van der Waals surface area contributed by atoms with E-state index in [-0.39, 0.29) is 0 Å². The Labute approximate surface area is 82.3 Å². The largest absolute Gasteiger partial charge is 0.147 e. The maximum atomic E-state index is 3.96. The van der Waals surface area contributed by atoms with E-state index in [1.54, 1.807) is 16.8 Å². The Morgan fingerprint density at radius 1 is 1.08 bits per heavy atom. The maximum absolute atomic E-state index is 3.96. The van der Waals surface area contributed by atoms with Crippen molar-refractivity contribution in [2.75, 3.05) is 0 Å². The van der Waals surface area contributed by atoms with Crippen molar-refractivity contribution in [2.45, 2.75) is 13.8 Å². The van der Waals surface area contributed by atoms with Gasteiger partial charge in [0, 0.05) is 5.56 Å². The molecule has 3 heteroatoms. The van der Waals surface area contributed by atoms with Crippen LogP contribution in [0.5, 0.6) is 0 Å². The molecule has 1 aromatic carbocycles. The van der Waals surface area contributed by atoms with Gasteiger partial charge in [-0.25, -0.2) is 0 Å². The van der Waals surface area contributed by atoms with Crippen LogP contribution in [0.3, 0.4) is 0 Å². The van der Waals surface area contributed by atoms with Crippen molar-refractivity contribution in [3.8, 4) is 10.6 Å². The summed E-state index contributed by atoms with van der Waals surface area (Å²) in [4.78, 5) is 0. The Hall–Kier alpha value is -1.22. The highest BCUT2D eigenvalue weighted by Crippen LogP contribution is 2.18. The third-order valence-corrected chi connectivity index (χ3v) is 2.12. The van der Waals surface area contributed by atoms with E-state index in [0.717, 1.165) is 10.6 Å². The summed E-state index contributed by atoms with van der Waals surface area (Å²) in [6.45, 7) is 4.00. The average Bonchev–Trinajstić information content (AvgIpc) is 2.75. The topological polar surface area (TPSA) is 25.8 Å². The average molecular weight is 192 g/mol. The van der Waals surface area contributed by atoms with E-state index in [9.17, 15) is 0 Å². The zero-order valence-electron chi connectivity index (χ0n) is 7.77. The summed E-state index contributed by atoms with van der Waals surface area (Å²) < 4.78 is 0. The van der Waals surface area contributed by atoms with E-state index in [2.05, 4.69) is 10.2 Å². The first kappa shape index (κ1) is 9.86. The highest BCUT2D eigenvalue weighted by Gasteiger charge is 1.97. The zero-order chi connectivity index (χ0) is 9.52. The number of hydrogen-bond acceptors (Lipinski definition) is 3. The maximum Gasteiger partial charge on any atom is 0.147 e. The lowest BCUT2D eigenvalue weighted by atomic mass is 10.2. The molecule has 0 radical (unpaired) electrons. The number of nitrogens with zero attached hydrogens (tertiary/aromatic N) is 2. The van der Waals surface area contributed by atoms with Gasteiger partial charge in [0.15, 0.2) is 0 Å². The van der Waals surface area contributed by atoms with E-state index < -0.39 is 0 Å². The summed E-state index contributed by atoms with van der Waals surface area (Å²) in [7, 11) is 0. The fourth-order valence-electron chi connectivity index (χ4n) is 0.880. The molecule has 0 fully saturated rings. The molecule has 0 amide bonds. The molecule has 13 heavy (non-hydrogen) atoms. The van der Waals surface area contributed by atoms with Gasteiger partial charge in [0.2, 0.25) is 0 Å². The van der Waals surface area contributed by atoms with Gasteiger partial charge in [-0.05, 0) is 0 Å². The predicted octanol–water partition coefficient (Wildman–Crippen LogP) is 3.23. The van der Waals surface area contributed by atoms with Crippen LogP contribution in [0.15, 0.2) is 35.8 Å². The van der Waals surface area contributed by atoms with Crippen LogP contribution in [0.25, 0.3) is 10.6 Å². The number of hydrogen-bond donors (Lipinski definition) is 0. The molecule has 2 rings (SSSR count). The van der Waals surface area contributed by atoms with Crippen LogP contribution in [0, 0.1) is 0 Å². The third kappa shape index (κ3) is 2.63. The Kier molecular flexibility index (Phi) is 4.12. The van der Waals surface area contributed by atoms with Gasteiger partial charge >= 0.3 is 0 Å². The van der Waals surface area contributed by atoms with E-state index in [1.807, 2.05) is 44.2 Å². The molecular formula is C10H12N2S. The normalized spacial score (nSPS) is 8.77. The SMILES string of the molecule is CC.c1ccc(-c2nncs2)cc1. The molecule has 2 aromatic rings. The standard InChI is InChI=1S/C8H6N2S.C2H6/c1-2-4-7(5-3-1)8-10-9-6-11-8;1-2/h1-6H;1-2H3. The van der Waals surface area contributed by atoms with E-state index in [1.165, 1.54) is 0 Å². The smallest absolute Gasteiger partial charge is 0.147 e. The predicted molar refractivity (Wildman–Crippen MR) is 56.7 cm³/mol. The van der Waals surface area contributed by atoms with Gasteiger partial charge in [-0.3, -0.25) is 0 Å². The minimum atomic E-state index is 0.977. The van der Waals surface area contributed by atoms with Crippen LogP contribution in [0.4, 0.5) is 0 Å². The lowest BCUT2D eigenvalue weighted by Gasteiger charge is -1.90. The summed E-state index contributed by atoms with van der Waals surface area (Å²) in [6, 6.07) is 10.0. The second-order valence-electron chi connectivity index (χ2n) is 2.11. The lowest BCUT2D eigenvalue weighted by molar-refractivity contribution is 1.10. The molecule has 1 heterocycles. The van der Waals surface area contributed by atoms with Crippen molar-refractivity contribution < 1.29 is 0 Å². The Morgan fingerprint density at radius 2 is 1.77 bits per heavy atom. The van der Waals surface area contributed by atoms with E-state index in [4.69, 9.17) is 0 Å². The summed E-state index contributed by atoms with van der Waals surface area (Å²) >= 11 is 1.55. The van der Waals surface area contributed by atoms with Crippen LogP contribution in [0.2, 0.25) is 0 Å². The van der Waals surface area contributed by atoms with E-state index in [0.29, 0.717) is 0 Å². The zero-order valence-corrected chi connectivity index (χ0v) is 8.58. The molecule has 68 valence electrons. The molecule has 0 spiro atoms. The second-order valence-corrected chi connectivity index (χ2v) is 2.94. The van der Waals surface area contributed by atoms with Crippen molar-refractivity contribution in [3.05, 3.63) is 35.8 Å². The quantitative estimate of drug-likeness (QED) is 0.693. The molecule has 0 aliphatic heterocycles. The first-order chi connectivity index (χ1) is 6.47. The Balaban J connectivity index is 0.000000396. The number of rotatable bonds is 1. The van der Waals surface area contributed by atoms with Crippen molar-refractivity contribution >= 4 is 11.3 Å². The molecule has 0 N–H and O–H groups in total. The Bertz CT molecular complexity index is 316. The van der Waals surface area contributed by atoms with Crippen LogP contribution in [-0.4, -0.2) is 10.2 Å². The highest BCUT2D eigenvalue weighted by molar-refractivity contribution is 7.12. The summed E-state index contributed by atoms with van der Waals surface area (Å²) in [5.41, 5.74) is 2.87. The minimum Gasteiger partial charge on any atom is -0.147 e. The van der Waals surface area contributed by atoms with Gasteiger partial charge in [0.1, 0.15) is 10.5 Å². The number of benzene rings is 1. The minimum absolute atomic E-state index is 0.977. The molecule has 0 atom stereocenters. The van der Waals surface area contributed by atoms with Gasteiger partial charge in [0.25, 0.3) is 0 Å². The summed E-state index contributed by atoms with van der Waals surface area (Å²) in [6.07, 6.45) is 0. The second kappa shape index (κ2) is 5.43. The Morgan fingerprint density at radius 3 is 2.31 bits per heavy atom. The lowest BCUT2D eigenvalue weighted by Crippen LogP contribution is -1.73. The van der Waals surface area contributed by atoms with Gasteiger partial charge < -0.3 is 0 Å². The molecule has 0 aliphatic carbocycles. The monoisotopic (exact) mass is 192 g/mol. The van der Waals surface area contributed by atoms with Crippen molar-refractivity contribution in [1.29, 1.82) is 0 Å². The molecule has 2 nitrogen and oxygen atoms in total. The molecule has 1 aromatic heterocycles. The molecule has 0 aliphatic rings. The van der Waals surface area contributed by atoms with Crippen LogP contribution in [-0.2, 0) is 0 Å². The third-order valence-electron chi connectivity index (χ3n) is 1.38. The molecule has 0 saturated carbocycles. The first-order valence-corrected chi connectivity index (χ1v) is 5.16. The molecule has 0 saturated heterocycles. The molecular weight excluding hydrogens is 180 g/mol. The van der Waals surface area contributed by atoms with Gasteiger partial charge in [-0.2, -0.15) is 0 Å². The summed E-state index contributed by atoms with van der Waals surface area (Å²) in [5, 5.41) is 8.70. The molecule has 0 unspecified atom stereocenters. The van der Waals surface area contributed by atoms with Crippen molar-refractivity contribution in [2.24, 2.45) is 0 Å².